The lowest BCUT2D eigenvalue weighted by Gasteiger charge is -2.06. The third kappa shape index (κ3) is 2.11. The summed E-state index contributed by atoms with van der Waals surface area (Å²) in [7, 11) is 0. The first-order chi connectivity index (χ1) is 7.61. The van der Waals surface area contributed by atoms with Crippen LogP contribution >= 0.6 is 22.9 Å². The van der Waals surface area contributed by atoms with Gasteiger partial charge in [-0.15, -0.1) is 11.3 Å². The quantitative estimate of drug-likeness (QED) is 0.754. The van der Waals surface area contributed by atoms with Crippen molar-refractivity contribution in [2.24, 2.45) is 0 Å². The highest BCUT2D eigenvalue weighted by Gasteiger charge is 2.11. The van der Waals surface area contributed by atoms with Crippen LogP contribution < -0.4 is 0 Å². The van der Waals surface area contributed by atoms with Crippen molar-refractivity contribution < 1.29 is 0 Å². The van der Waals surface area contributed by atoms with Crippen molar-refractivity contribution in [3.63, 3.8) is 0 Å². The average Bonchev–Trinajstić information content (AvgIpc) is 2.68. The van der Waals surface area contributed by atoms with Gasteiger partial charge >= 0.3 is 0 Å². The molecule has 0 aliphatic rings. The third-order valence-electron chi connectivity index (χ3n) is 2.42. The van der Waals surface area contributed by atoms with Gasteiger partial charge in [-0.3, -0.25) is 0 Å². The molecule has 0 radical (unpaired) electrons. The molecule has 16 heavy (non-hydrogen) atoms. The summed E-state index contributed by atoms with van der Waals surface area (Å²) < 4.78 is 0. The van der Waals surface area contributed by atoms with Crippen LogP contribution in [0.25, 0.3) is 10.6 Å². The van der Waals surface area contributed by atoms with E-state index in [2.05, 4.69) is 29.0 Å². The molecule has 0 spiro atoms. The van der Waals surface area contributed by atoms with Gasteiger partial charge in [0.25, 0.3) is 0 Å². The fourth-order valence-corrected chi connectivity index (χ4v) is 2.59. The van der Waals surface area contributed by atoms with E-state index < -0.39 is 0 Å². The molecule has 0 fully saturated rings. The van der Waals surface area contributed by atoms with Crippen LogP contribution in [0, 0.1) is 13.8 Å². The van der Waals surface area contributed by atoms with Crippen LogP contribution in [0.1, 0.15) is 23.2 Å². The van der Waals surface area contributed by atoms with E-state index in [1.807, 2.05) is 13.8 Å². The van der Waals surface area contributed by atoms with Gasteiger partial charge in [0.2, 0.25) is 0 Å². The van der Waals surface area contributed by atoms with Crippen molar-refractivity contribution >= 4 is 22.9 Å². The molecule has 0 unspecified atom stereocenters. The third-order valence-corrected chi connectivity index (χ3v) is 3.80. The second-order valence-electron chi connectivity index (χ2n) is 3.67. The normalized spacial score (nSPS) is 10.8. The molecule has 0 saturated carbocycles. The molecule has 0 aliphatic heterocycles. The maximum atomic E-state index is 6.11. The summed E-state index contributed by atoms with van der Waals surface area (Å²) in [4.78, 5) is 11.2. The van der Waals surface area contributed by atoms with Crippen LogP contribution in [0.4, 0.5) is 0 Å². The topological polar surface area (TPSA) is 25.8 Å². The molecular weight excluding hydrogens is 240 g/mol. The van der Waals surface area contributed by atoms with Crippen LogP contribution in [0.15, 0.2) is 12.1 Å². The lowest BCUT2D eigenvalue weighted by molar-refractivity contribution is 0.935. The molecule has 84 valence electrons. The summed E-state index contributed by atoms with van der Waals surface area (Å²) in [5.74, 6) is 0.802. The van der Waals surface area contributed by atoms with E-state index >= 15 is 0 Å². The Bertz CT molecular complexity index is 520. The largest absolute Gasteiger partial charge is 0.232 e. The first kappa shape index (κ1) is 11.6. The first-order valence-electron chi connectivity index (χ1n) is 5.21. The fraction of sp³-hybridized carbons (Fsp3) is 0.333. The smallest absolute Gasteiger partial charge is 0.136 e. The van der Waals surface area contributed by atoms with Crippen molar-refractivity contribution in [2.45, 2.75) is 27.2 Å². The van der Waals surface area contributed by atoms with E-state index in [-0.39, 0.29) is 0 Å². The Labute approximate surface area is 104 Å². The molecule has 2 aromatic heterocycles. The van der Waals surface area contributed by atoms with Gasteiger partial charge in [0.15, 0.2) is 0 Å². The second-order valence-corrected chi connectivity index (χ2v) is 5.31. The minimum Gasteiger partial charge on any atom is -0.232 e. The van der Waals surface area contributed by atoms with Crippen molar-refractivity contribution in [3.05, 3.63) is 33.6 Å². The summed E-state index contributed by atoms with van der Waals surface area (Å²) >= 11 is 7.84. The van der Waals surface area contributed by atoms with E-state index in [9.17, 15) is 0 Å². The highest BCUT2D eigenvalue weighted by molar-refractivity contribution is 7.15. The molecule has 0 bridgehead atoms. The number of halogens is 1. The fourth-order valence-electron chi connectivity index (χ4n) is 1.49. The number of thiophene rings is 1. The van der Waals surface area contributed by atoms with Gasteiger partial charge < -0.3 is 0 Å². The second kappa shape index (κ2) is 4.52. The Balaban J connectivity index is 2.59. The van der Waals surface area contributed by atoms with Crippen molar-refractivity contribution in [1.82, 2.24) is 9.97 Å². The standard InChI is InChI=1S/C12H13ClN2S/c1-4-10-14-11(8(3)12(13)15-10)9-6-5-7(2)16-9/h5-6H,4H2,1-3H3. The number of hydrogen-bond acceptors (Lipinski definition) is 3. The molecule has 0 N–H and O–H groups in total. The Hall–Kier alpha value is -0.930. The minimum atomic E-state index is 0.563. The zero-order valence-corrected chi connectivity index (χ0v) is 11.1. The number of aryl methyl sites for hydroxylation is 2. The van der Waals surface area contributed by atoms with Crippen LogP contribution in [0.3, 0.4) is 0 Å². The number of nitrogens with zero attached hydrogens (tertiary/aromatic N) is 2. The highest BCUT2D eigenvalue weighted by Crippen LogP contribution is 2.31. The molecule has 0 atom stereocenters. The highest BCUT2D eigenvalue weighted by atomic mass is 35.5. The van der Waals surface area contributed by atoms with Gasteiger partial charge in [0.1, 0.15) is 11.0 Å². The molecule has 0 aliphatic carbocycles. The Morgan fingerprint density at radius 2 is 2.00 bits per heavy atom. The van der Waals surface area contributed by atoms with Gasteiger partial charge in [0.05, 0.1) is 10.6 Å². The van der Waals surface area contributed by atoms with Gasteiger partial charge in [-0.05, 0) is 26.0 Å². The molecule has 2 heterocycles. The number of aromatic nitrogens is 2. The van der Waals surface area contributed by atoms with E-state index in [4.69, 9.17) is 11.6 Å². The summed E-state index contributed by atoms with van der Waals surface area (Å²) in [5, 5.41) is 0.563. The van der Waals surface area contributed by atoms with Crippen molar-refractivity contribution in [3.8, 4) is 10.6 Å². The van der Waals surface area contributed by atoms with E-state index in [0.717, 1.165) is 28.4 Å². The average molecular weight is 253 g/mol. The van der Waals surface area contributed by atoms with Gasteiger partial charge in [-0.25, -0.2) is 9.97 Å². The summed E-state index contributed by atoms with van der Waals surface area (Å²) in [6.07, 6.45) is 0.803. The van der Waals surface area contributed by atoms with Gasteiger partial charge in [-0.2, -0.15) is 0 Å². The van der Waals surface area contributed by atoms with E-state index in [1.165, 1.54) is 4.88 Å². The van der Waals surface area contributed by atoms with Gasteiger partial charge in [0, 0.05) is 16.9 Å². The van der Waals surface area contributed by atoms with Crippen LogP contribution in [0.5, 0.6) is 0 Å². The Kier molecular flexibility index (Phi) is 3.26. The molecule has 0 aromatic carbocycles. The summed E-state index contributed by atoms with van der Waals surface area (Å²) in [6.45, 7) is 6.09. The predicted molar refractivity (Wildman–Crippen MR) is 69.2 cm³/mol. The van der Waals surface area contributed by atoms with Gasteiger partial charge in [-0.1, -0.05) is 18.5 Å². The zero-order valence-electron chi connectivity index (χ0n) is 9.54. The summed E-state index contributed by atoms with van der Waals surface area (Å²) in [6, 6.07) is 4.19. The molecule has 2 aromatic rings. The SMILES string of the molecule is CCc1nc(Cl)c(C)c(-c2ccc(C)s2)n1. The Morgan fingerprint density at radius 3 is 2.56 bits per heavy atom. The lowest BCUT2D eigenvalue weighted by atomic mass is 10.2. The van der Waals surface area contributed by atoms with E-state index in [0.29, 0.717) is 5.15 Å². The first-order valence-corrected chi connectivity index (χ1v) is 6.41. The predicted octanol–water partition coefficient (Wildman–Crippen LogP) is 4.04. The zero-order chi connectivity index (χ0) is 11.7. The number of hydrogen-bond donors (Lipinski definition) is 0. The lowest BCUT2D eigenvalue weighted by Crippen LogP contribution is -1.98. The molecular formula is C12H13ClN2S. The molecule has 2 rings (SSSR count). The van der Waals surface area contributed by atoms with Crippen molar-refractivity contribution in [1.29, 1.82) is 0 Å². The minimum absolute atomic E-state index is 0.563. The summed E-state index contributed by atoms with van der Waals surface area (Å²) in [5.41, 5.74) is 1.93. The van der Waals surface area contributed by atoms with Crippen LogP contribution in [0.2, 0.25) is 5.15 Å². The van der Waals surface area contributed by atoms with Crippen molar-refractivity contribution in [2.75, 3.05) is 0 Å². The molecule has 2 nitrogen and oxygen atoms in total. The molecule has 0 saturated heterocycles. The maximum absolute atomic E-state index is 6.11. The molecule has 0 amide bonds. The Morgan fingerprint density at radius 1 is 1.25 bits per heavy atom. The van der Waals surface area contributed by atoms with Crippen LogP contribution in [-0.2, 0) is 6.42 Å². The monoisotopic (exact) mass is 252 g/mol. The maximum Gasteiger partial charge on any atom is 0.136 e. The van der Waals surface area contributed by atoms with Crippen LogP contribution in [-0.4, -0.2) is 9.97 Å². The van der Waals surface area contributed by atoms with E-state index in [1.54, 1.807) is 11.3 Å². The number of rotatable bonds is 2. The molecule has 4 heteroatoms.